The smallest absolute Gasteiger partial charge is 0.242 e. The number of carbonyl (C=O) groups excluding carboxylic acids is 2. The summed E-state index contributed by atoms with van der Waals surface area (Å²) < 4.78 is 1.97. The number of hydrogen-bond acceptors (Lipinski definition) is 5. The molecule has 1 saturated heterocycles. The van der Waals surface area contributed by atoms with Crippen molar-refractivity contribution in [1.82, 2.24) is 24.7 Å². The van der Waals surface area contributed by atoms with Crippen LogP contribution in [0.25, 0.3) is 11.0 Å². The van der Waals surface area contributed by atoms with Gasteiger partial charge in [0, 0.05) is 32.6 Å². The van der Waals surface area contributed by atoms with E-state index < -0.39 is 6.10 Å². The number of aromatic nitrogens is 2. The van der Waals surface area contributed by atoms with Crippen LogP contribution in [0.1, 0.15) is 25.6 Å². The van der Waals surface area contributed by atoms with Crippen LogP contribution in [0.5, 0.6) is 0 Å². The Kier molecular flexibility index (Phi) is 5.56. The summed E-state index contributed by atoms with van der Waals surface area (Å²) in [6.45, 7) is 3.90. The number of likely N-dealkylation sites (N-methyl/N-ethyl adjacent to an activating group) is 1. The van der Waals surface area contributed by atoms with Gasteiger partial charge in [-0.05, 0) is 25.0 Å². The van der Waals surface area contributed by atoms with Crippen LogP contribution in [0, 0.1) is 0 Å². The monoisotopic (exact) mass is 399 g/mol. The minimum Gasteiger partial charge on any atom is -0.389 e. The molecule has 0 bridgehead atoms. The summed E-state index contributed by atoms with van der Waals surface area (Å²) in [5.74, 6) is 0.844. The van der Waals surface area contributed by atoms with E-state index in [1.165, 1.54) is 0 Å². The number of imidazole rings is 1. The average molecular weight is 399 g/mol. The molecule has 1 aromatic carbocycles. The number of rotatable bonds is 5. The SMILES string of the molecule is CCc1nc2ccccc2n1CC(=O)N(C)[C@@H]1CC[C@@H](N2CCNC(=O)C2)[C@@H]1O. The van der Waals surface area contributed by atoms with Crippen molar-refractivity contribution in [2.45, 2.75) is 50.9 Å². The molecule has 0 unspecified atom stereocenters. The Bertz CT molecular complexity index is 911. The minimum absolute atomic E-state index is 0.00425. The highest BCUT2D eigenvalue weighted by atomic mass is 16.3. The van der Waals surface area contributed by atoms with E-state index in [-0.39, 0.29) is 30.4 Å². The van der Waals surface area contributed by atoms with Crippen molar-refractivity contribution in [2.75, 3.05) is 26.7 Å². The van der Waals surface area contributed by atoms with Crippen LogP contribution in [0.15, 0.2) is 24.3 Å². The number of fused-ring (bicyclic) bond motifs is 1. The van der Waals surface area contributed by atoms with Gasteiger partial charge in [0.15, 0.2) is 0 Å². The second kappa shape index (κ2) is 8.12. The number of carbonyl (C=O) groups is 2. The maximum absolute atomic E-state index is 13.1. The molecule has 29 heavy (non-hydrogen) atoms. The third-order valence-electron chi connectivity index (χ3n) is 6.32. The van der Waals surface area contributed by atoms with Crippen LogP contribution >= 0.6 is 0 Å². The van der Waals surface area contributed by atoms with E-state index in [9.17, 15) is 14.7 Å². The van der Waals surface area contributed by atoms with Crippen LogP contribution in [0.4, 0.5) is 0 Å². The lowest BCUT2D eigenvalue weighted by Crippen LogP contribution is -2.56. The van der Waals surface area contributed by atoms with E-state index in [1.54, 1.807) is 11.9 Å². The zero-order valence-corrected chi connectivity index (χ0v) is 17.0. The molecule has 8 nitrogen and oxygen atoms in total. The first-order valence-electron chi connectivity index (χ1n) is 10.4. The van der Waals surface area contributed by atoms with Crippen molar-refractivity contribution in [2.24, 2.45) is 0 Å². The number of aliphatic hydroxyl groups is 1. The Labute approximate surface area is 170 Å². The van der Waals surface area contributed by atoms with Crippen molar-refractivity contribution in [3.8, 4) is 0 Å². The highest BCUT2D eigenvalue weighted by Gasteiger charge is 2.42. The number of piperazine rings is 1. The lowest BCUT2D eigenvalue weighted by Gasteiger charge is -2.36. The second-order valence-corrected chi connectivity index (χ2v) is 7.98. The summed E-state index contributed by atoms with van der Waals surface area (Å²) in [5, 5.41) is 13.7. The first-order valence-corrected chi connectivity index (χ1v) is 10.4. The summed E-state index contributed by atoms with van der Waals surface area (Å²) in [6, 6.07) is 7.52. The second-order valence-electron chi connectivity index (χ2n) is 7.98. The molecule has 4 rings (SSSR count). The molecule has 156 valence electrons. The molecule has 3 atom stereocenters. The zero-order valence-electron chi connectivity index (χ0n) is 17.0. The Hall–Kier alpha value is -2.45. The summed E-state index contributed by atoms with van der Waals surface area (Å²) >= 11 is 0. The molecule has 8 heteroatoms. The van der Waals surface area contributed by atoms with Crippen molar-refractivity contribution in [3.63, 3.8) is 0 Å². The molecular weight excluding hydrogens is 370 g/mol. The number of benzene rings is 1. The van der Waals surface area contributed by atoms with E-state index >= 15 is 0 Å². The first-order chi connectivity index (χ1) is 14.0. The lowest BCUT2D eigenvalue weighted by molar-refractivity contribution is -0.135. The summed E-state index contributed by atoms with van der Waals surface area (Å²) in [5.41, 5.74) is 1.85. The molecule has 0 radical (unpaired) electrons. The molecule has 1 aliphatic heterocycles. The normalized spacial score (nSPS) is 25.3. The van der Waals surface area contributed by atoms with Gasteiger partial charge in [0.1, 0.15) is 12.4 Å². The van der Waals surface area contributed by atoms with Gasteiger partial charge in [-0.25, -0.2) is 4.98 Å². The van der Waals surface area contributed by atoms with Crippen molar-refractivity contribution >= 4 is 22.8 Å². The quantitative estimate of drug-likeness (QED) is 0.759. The number of para-hydroxylation sites is 2. The number of aryl methyl sites for hydroxylation is 1. The molecule has 1 aliphatic carbocycles. The van der Waals surface area contributed by atoms with Gasteiger partial charge in [0.05, 0.1) is 29.7 Å². The van der Waals surface area contributed by atoms with Crippen LogP contribution in [0.3, 0.4) is 0 Å². The van der Waals surface area contributed by atoms with E-state index in [2.05, 4.69) is 10.3 Å². The van der Waals surface area contributed by atoms with Gasteiger partial charge >= 0.3 is 0 Å². The van der Waals surface area contributed by atoms with Gasteiger partial charge in [-0.1, -0.05) is 19.1 Å². The molecule has 2 fully saturated rings. The third-order valence-corrected chi connectivity index (χ3v) is 6.32. The molecular formula is C21H29N5O3. The van der Waals surface area contributed by atoms with E-state index in [0.29, 0.717) is 13.1 Å². The predicted octanol–water partition coefficient (Wildman–Crippen LogP) is 0.381. The molecule has 1 aromatic heterocycles. The van der Waals surface area contributed by atoms with Crippen molar-refractivity contribution in [3.05, 3.63) is 30.1 Å². The fourth-order valence-corrected chi connectivity index (χ4v) is 4.71. The van der Waals surface area contributed by atoms with Crippen LogP contribution < -0.4 is 5.32 Å². The molecule has 2 aliphatic rings. The standard InChI is InChI=1S/C21H29N5O3/c1-3-18-23-14-6-4-5-7-15(14)26(18)13-20(28)24(2)16-8-9-17(21(16)29)25-11-10-22-19(27)12-25/h4-7,16-17,21,29H,3,8-13H2,1-2H3,(H,22,27)/t16-,17-,21-/m1/s1. The van der Waals surface area contributed by atoms with Gasteiger partial charge in [0.2, 0.25) is 11.8 Å². The van der Waals surface area contributed by atoms with Crippen LogP contribution in [-0.4, -0.2) is 81.1 Å². The molecule has 0 spiro atoms. The maximum Gasteiger partial charge on any atom is 0.242 e. The summed E-state index contributed by atoms with van der Waals surface area (Å²) in [7, 11) is 1.77. The van der Waals surface area contributed by atoms with Crippen LogP contribution in [-0.2, 0) is 22.6 Å². The fraction of sp³-hybridized carbons (Fsp3) is 0.571. The minimum atomic E-state index is -0.653. The molecule has 2 amide bonds. The lowest BCUT2D eigenvalue weighted by atomic mass is 10.1. The number of hydrogen-bond donors (Lipinski definition) is 2. The highest BCUT2D eigenvalue weighted by Crippen LogP contribution is 2.29. The van der Waals surface area contributed by atoms with Gasteiger partial charge in [-0.3, -0.25) is 14.5 Å². The number of amides is 2. The molecule has 2 N–H and O–H groups in total. The Morgan fingerprint density at radius 3 is 2.90 bits per heavy atom. The zero-order chi connectivity index (χ0) is 20.5. The number of nitrogens with zero attached hydrogens (tertiary/aromatic N) is 4. The topological polar surface area (TPSA) is 90.7 Å². The summed E-state index contributed by atoms with van der Waals surface area (Å²) in [6.07, 6.45) is 1.61. The predicted molar refractivity (Wildman–Crippen MR) is 109 cm³/mol. The highest BCUT2D eigenvalue weighted by molar-refractivity contribution is 5.81. The maximum atomic E-state index is 13.1. The summed E-state index contributed by atoms with van der Waals surface area (Å²) in [4.78, 5) is 33.1. The van der Waals surface area contributed by atoms with Crippen molar-refractivity contribution < 1.29 is 14.7 Å². The van der Waals surface area contributed by atoms with Crippen molar-refractivity contribution in [1.29, 1.82) is 0 Å². The van der Waals surface area contributed by atoms with Gasteiger partial charge in [-0.15, -0.1) is 0 Å². The fourth-order valence-electron chi connectivity index (χ4n) is 4.71. The van der Waals surface area contributed by atoms with E-state index in [4.69, 9.17) is 0 Å². The number of aliphatic hydroxyl groups excluding tert-OH is 1. The largest absolute Gasteiger partial charge is 0.389 e. The Morgan fingerprint density at radius 2 is 2.14 bits per heavy atom. The Balaban J connectivity index is 1.47. The molecule has 1 saturated carbocycles. The Morgan fingerprint density at radius 1 is 1.34 bits per heavy atom. The number of nitrogens with one attached hydrogen (secondary N) is 1. The first kappa shape index (κ1) is 19.8. The molecule has 2 aromatic rings. The average Bonchev–Trinajstić information content (AvgIpc) is 3.28. The van der Waals surface area contributed by atoms with Crippen LogP contribution in [0.2, 0.25) is 0 Å². The molecule has 2 heterocycles. The van der Waals surface area contributed by atoms with Gasteiger partial charge in [-0.2, -0.15) is 0 Å². The van der Waals surface area contributed by atoms with E-state index in [0.717, 1.165) is 42.7 Å². The third kappa shape index (κ3) is 3.74. The van der Waals surface area contributed by atoms with Gasteiger partial charge in [0.25, 0.3) is 0 Å². The van der Waals surface area contributed by atoms with E-state index in [1.807, 2.05) is 40.7 Å². The van der Waals surface area contributed by atoms with Gasteiger partial charge < -0.3 is 19.9 Å².